The summed E-state index contributed by atoms with van der Waals surface area (Å²) in [6.45, 7) is 3.84. The summed E-state index contributed by atoms with van der Waals surface area (Å²) in [4.78, 5) is 12.4. The molecule has 0 saturated carbocycles. The van der Waals surface area contributed by atoms with Gasteiger partial charge in [-0.25, -0.2) is 0 Å². The third-order valence-corrected chi connectivity index (χ3v) is 4.45. The van der Waals surface area contributed by atoms with Gasteiger partial charge >= 0.3 is 0 Å². The van der Waals surface area contributed by atoms with Crippen molar-refractivity contribution in [1.29, 1.82) is 0 Å². The topological polar surface area (TPSA) is 46.9 Å². The number of carbonyl (C=O) groups is 1. The van der Waals surface area contributed by atoms with Crippen LogP contribution in [0, 0.1) is 6.92 Å². The predicted molar refractivity (Wildman–Crippen MR) is 83.0 cm³/mol. The van der Waals surface area contributed by atoms with Gasteiger partial charge in [0, 0.05) is 18.6 Å². The van der Waals surface area contributed by atoms with E-state index in [0.717, 1.165) is 11.3 Å². The number of benzene rings is 1. The van der Waals surface area contributed by atoms with Crippen molar-refractivity contribution in [3.8, 4) is 0 Å². The van der Waals surface area contributed by atoms with E-state index in [0.29, 0.717) is 10.9 Å². The van der Waals surface area contributed by atoms with E-state index in [-0.39, 0.29) is 5.91 Å². The molecule has 0 aliphatic carbocycles. The number of hydrogen-bond donors (Lipinski definition) is 1. The lowest BCUT2D eigenvalue weighted by Gasteiger charge is -2.29. The first-order chi connectivity index (χ1) is 9.46. The lowest BCUT2D eigenvalue weighted by atomic mass is 9.94. The summed E-state index contributed by atoms with van der Waals surface area (Å²) < 4.78 is 1.65. The first kappa shape index (κ1) is 14.8. The van der Waals surface area contributed by atoms with Gasteiger partial charge in [0.25, 0.3) is 5.91 Å². The van der Waals surface area contributed by atoms with Crippen molar-refractivity contribution in [2.45, 2.75) is 19.4 Å². The monoisotopic (exact) mass is 335 g/mol. The summed E-state index contributed by atoms with van der Waals surface area (Å²) in [5.74, 6) is -0.110. The number of alkyl halides is 1. The highest BCUT2D eigenvalue weighted by molar-refractivity contribution is 9.09. The molecule has 1 aromatic carbocycles. The Morgan fingerprint density at radius 3 is 2.55 bits per heavy atom. The molecule has 0 fully saturated rings. The van der Waals surface area contributed by atoms with Crippen LogP contribution >= 0.6 is 15.9 Å². The Morgan fingerprint density at radius 1 is 1.40 bits per heavy atom. The zero-order valence-corrected chi connectivity index (χ0v) is 13.4. The Morgan fingerprint density at radius 2 is 2.05 bits per heavy atom. The van der Waals surface area contributed by atoms with Gasteiger partial charge in [-0.15, -0.1) is 0 Å². The molecule has 1 unspecified atom stereocenters. The molecule has 2 rings (SSSR count). The van der Waals surface area contributed by atoms with E-state index >= 15 is 0 Å². The molecule has 0 saturated heterocycles. The number of aryl methyl sites for hydroxylation is 2. The number of aromatic nitrogens is 2. The number of carbonyl (C=O) groups excluding carboxylic acids is 1. The Kier molecular flexibility index (Phi) is 4.28. The zero-order chi connectivity index (χ0) is 14.8. The highest BCUT2D eigenvalue weighted by atomic mass is 79.9. The van der Waals surface area contributed by atoms with Crippen molar-refractivity contribution in [3.63, 3.8) is 0 Å². The number of halogens is 1. The number of nitrogens with zero attached hydrogens (tertiary/aromatic N) is 2. The first-order valence-electron chi connectivity index (χ1n) is 6.40. The molecular weight excluding hydrogens is 318 g/mol. The summed E-state index contributed by atoms with van der Waals surface area (Å²) in [6, 6.07) is 9.93. The lowest BCUT2D eigenvalue weighted by Crippen LogP contribution is -2.45. The third kappa shape index (κ3) is 2.93. The van der Waals surface area contributed by atoms with Crippen LogP contribution in [0.25, 0.3) is 0 Å². The minimum Gasteiger partial charge on any atom is -0.342 e. The minimum atomic E-state index is -0.458. The Hall–Kier alpha value is -1.62. The second-order valence-electron chi connectivity index (χ2n) is 5.09. The molecule has 0 bridgehead atoms. The number of nitrogens with one attached hydrogen (secondary N) is 1. The van der Waals surface area contributed by atoms with Crippen LogP contribution in [0.4, 0.5) is 0 Å². The maximum atomic E-state index is 12.4. The molecule has 0 aliphatic rings. The SMILES string of the molecule is Cc1nn(C)cc1C(=O)NC(C)(CBr)c1ccccc1. The van der Waals surface area contributed by atoms with Gasteiger partial charge < -0.3 is 5.32 Å². The van der Waals surface area contributed by atoms with Crippen LogP contribution in [-0.2, 0) is 12.6 Å². The molecule has 0 aliphatic heterocycles. The van der Waals surface area contributed by atoms with Crippen LogP contribution in [-0.4, -0.2) is 21.0 Å². The van der Waals surface area contributed by atoms with Gasteiger partial charge in [0.15, 0.2) is 0 Å². The van der Waals surface area contributed by atoms with E-state index in [2.05, 4.69) is 26.3 Å². The lowest BCUT2D eigenvalue weighted by molar-refractivity contribution is 0.0913. The van der Waals surface area contributed by atoms with Crippen molar-refractivity contribution in [3.05, 3.63) is 53.3 Å². The summed E-state index contributed by atoms with van der Waals surface area (Å²) in [6.07, 6.45) is 1.74. The summed E-state index contributed by atoms with van der Waals surface area (Å²) in [5.41, 5.74) is 1.94. The standard InChI is InChI=1S/C15H18BrN3O/c1-11-13(9-19(3)18-11)14(20)17-15(2,10-16)12-7-5-4-6-8-12/h4-9H,10H2,1-3H3,(H,17,20). The van der Waals surface area contributed by atoms with Crippen molar-refractivity contribution in [2.75, 3.05) is 5.33 Å². The van der Waals surface area contributed by atoms with E-state index < -0.39 is 5.54 Å². The largest absolute Gasteiger partial charge is 0.342 e. The van der Waals surface area contributed by atoms with Crippen LogP contribution in [0.15, 0.2) is 36.5 Å². The molecule has 4 nitrogen and oxygen atoms in total. The smallest absolute Gasteiger partial charge is 0.255 e. The first-order valence-corrected chi connectivity index (χ1v) is 7.52. The molecule has 1 aromatic heterocycles. The molecule has 20 heavy (non-hydrogen) atoms. The van der Waals surface area contributed by atoms with Gasteiger partial charge in [0.1, 0.15) is 0 Å². The molecule has 1 atom stereocenters. The Bertz CT molecular complexity index is 609. The van der Waals surface area contributed by atoms with Gasteiger partial charge in [-0.3, -0.25) is 9.48 Å². The quantitative estimate of drug-likeness (QED) is 0.873. The molecule has 1 N–H and O–H groups in total. The van der Waals surface area contributed by atoms with Gasteiger partial charge in [-0.2, -0.15) is 5.10 Å². The normalized spacial score (nSPS) is 13.8. The van der Waals surface area contributed by atoms with Crippen LogP contribution in [0.5, 0.6) is 0 Å². The van der Waals surface area contributed by atoms with Crippen molar-refractivity contribution >= 4 is 21.8 Å². The maximum absolute atomic E-state index is 12.4. The molecule has 0 spiro atoms. The molecule has 2 aromatic rings. The van der Waals surface area contributed by atoms with Crippen LogP contribution < -0.4 is 5.32 Å². The molecule has 1 amide bonds. The van der Waals surface area contributed by atoms with Crippen LogP contribution in [0.2, 0.25) is 0 Å². The fourth-order valence-electron chi connectivity index (χ4n) is 2.13. The van der Waals surface area contributed by atoms with E-state index in [1.807, 2.05) is 51.2 Å². The van der Waals surface area contributed by atoms with Crippen LogP contribution in [0.3, 0.4) is 0 Å². The second kappa shape index (κ2) is 5.79. The van der Waals surface area contributed by atoms with E-state index in [9.17, 15) is 4.79 Å². The molecule has 0 radical (unpaired) electrons. The van der Waals surface area contributed by atoms with Gasteiger partial charge in [-0.05, 0) is 19.4 Å². The number of hydrogen-bond acceptors (Lipinski definition) is 2. The summed E-state index contributed by atoms with van der Waals surface area (Å²) in [7, 11) is 1.81. The summed E-state index contributed by atoms with van der Waals surface area (Å²) in [5, 5.41) is 7.93. The number of rotatable bonds is 4. The van der Waals surface area contributed by atoms with Gasteiger partial charge in [0.2, 0.25) is 0 Å². The molecule has 106 valence electrons. The van der Waals surface area contributed by atoms with Crippen LogP contribution in [0.1, 0.15) is 28.5 Å². The average molecular weight is 336 g/mol. The maximum Gasteiger partial charge on any atom is 0.255 e. The minimum absolute atomic E-state index is 0.110. The second-order valence-corrected chi connectivity index (χ2v) is 5.65. The van der Waals surface area contributed by atoms with E-state index in [1.165, 1.54) is 0 Å². The fourth-order valence-corrected chi connectivity index (χ4v) is 2.59. The van der Waals surface area contributed by atoms with Crippen molar-refractivity contribution in [1.82, 2.24) is 15.1 Å². The van der Waals surface area contributed by atoms with E-state index in [4.69, 9.17) is 0 Å². The van der Waals surface area contributed by atoms with Crippen molar-refractivity contribution < 1.29 is 4.79 Å². The predicted octanol–water partition coefficient (Wildman–Crippen LogP) is 2.77. The van der Waals surface area contributed by atoms with Gasteiger partial charge in [0.05, 0.1) is 16.8 Å². The third-order valence-electron chi connectivity index (χ3n) is 3.33. The fraction of sp³-hybridized carbons (Fsp3) is 0.333. The Balaban J connectivity index is 2.26. The molecule has 1 heterocycles. The van der Waals surface area contributed by atoms with E-state index in [1.54, 1.807) is 10.9 Å². The average Bonchev–Trinajstić information content (AvgIpc) is 2.78. The highest BCUT2D eigenvalue weighted by Crippen LogP contribution is 2.23. The summed E-state index contributed by atoms with van der Waals surface area (Å²) >= 11 is 3.50. The Labute approximate surface area is 127 Å². The van der Waals surface area contributed by atoms with Gasteiger partial charge in [-0.1, -0.05) is 46.3 Å². The molecule has 5 heteroatoms. The zero-order valence-electron chi connectivity index (χ0n) is 11.9. The number of amides is 1. The van der Waals surface area contributed by atoms with Crippen molar-refractivity contribution in [2.24, 2.45) is 7.05 Å². The highest BCUT2D eigenvalue weighted by Gasteiger charge is 2.28. The molecular formula is C15H18BrN3O.